The number of benzene rings is 2. The zero-order valence-electron chi connectivity index (χ0n) is 16.6. The fourth-order valence-electron chi connectivity index (χ4n) is 3.56. The maximum absolute atomic E-state index is 12.7. The zero-order chi connectivity index (χ0) is 21.1. The Kier molecular flexibility index (Phi) is 8.38. The van der Waals surface area contributed by atoms with Gasteiger partial charge in [0, 0.05) is 18.5 Å². The highest BCUT2D eigenvalue weighted by Gasteiger charge is 2.37. The van der Waals surface area contributed by atoms with Gasteiger partial charge in [-0.3, -0.25) is 14.8 Å². The number of carbonyl (C=O) groups is 2. The summed E-state index contributed by atoms with van der Waals surface area (Å²) in [5, 5.41) is 21.8. The molecular formula is C23H27N3O3. The number of hydrogen-bond acceptors (Lipinski definition) is 4. The van der Waals surface area contributed by atoms with E-state index in [1.54, 1.807) is 17.6 Å². The lowest BCUT2D eigenvalue weighted by molar-refractivity contribution is -0.129. The molecule has 2 aromatic rings. The first-order valence-corrected chi connectivity index (χ1v) is 9.86. The zero-order valence-corrected chi connectivity index (χ0v) is 16.6. The standard InChI is InChI=1S/C23H27N3O3/c1-2-25-22(28)19-13-8-9-14-20(19)23(17-24,18-11-5-3-6-12-18)16-10-4-7-15-21(27)26-29/h3,5-6,8-9,11-14,29H,2,4,7,10,15-16H2,1H3,(H,25,28)(H,26,27). The van der Waals surface area contributed by atoms with Crippen molar-refractivity contribution in [2.24, 2.45) is 0 Å². The first-order valence-electron chi connectivity index (χ1n) is 9.86. The Morgan fingerprint density at radius 1 is 1.03 bits per heavy atom. The molecule has 0 saturated carbocycles. The lowest BCUT2D eigenvalue weighted by Gasteiger charge is -2.30. The maximum atomic E-state index is 12.7. The fourth-order valence-corrected chi connectivity index (χ4v) is 3.56. The quantitative estimate of drug-likeness (QED) is 0.325. The summed E-state index contributed by atoms with van der Waals surface area (Å²) >= 11 is 0. The van der Waals surface area contributed by atoms with E-state index in [4.69, 9.17) is 5.21 Å². The van der Waals surface area contributed by atoms with E-state index in [1.165, 1.54) is 0 Å². The molecule has 3 N–H and O–H groups in total. The molecule has 6 nitrogen and oxygen atoms in total. The molecule has 0 aliphatic heterocycles. The van der Waals surface area contributed by atoms with Gasteiger partial charge in [0.25, 0.3) is 5.91 Å². The molecule has 0 saturated heterocycles. The van der Waals surface area contributed by atoms with Crippen LogP contribution >= 0.6 is 0 Å². The van der Waals surface area contributed by atoms with Gasteiger partial charge in [-0.2, -0.15) is 5.26 Å². The van der Waals surface area contributed by atoms with Crippen LogP contribution in [0.2, 0.25) is 0 Å². The van der Waals surface area contributed by atoms with Crippen LogP contribution in [0.3, 0.4) is 0 Å². The van der Waals surface area contributed by atoms with Gasteiger partial charge in [-0.05, 0) is 37.0 Å². The van der Waals surface area contributed by atoms with E-state index >= 15 is 0 Å². The number of nitrogens with zero attached hydrogens (tertiary/aromatic N) is 1. The normalized spacial score (nSPS) is 12.4. The predicted octanol–water partition coefficient (Wildman–Crippen LogP) is 3.70. The number of carbonyl (C=O) groups excluding carboxylic acids is 2. The van der Waals surface area contributed by atoms with Crippen LogP contribution in [0.1, 0.15) is 60.5 Å². The van der Waals surface area contributed by atoms with Gasteiger partial charge in [0.15, 0.2) is 0 Å². The van der Waals surface area contributed by atoms with Gasteiger partial charge in [0.1, 0.15) is 5.41 Å². The fraction of sp³-hybridized carbons (Fsp3) is 0.348. The molecule has 1 unspecified atom stereocenters. The van der Waals surface area contributed by atoms with Gasteiger partial charge < -0.3 is 5.32 Å². The van der Waals surface area contributed by atoms with Crippen molar-refractivity contribution in [2.45, 2.75) is 44.4 Å². The van der Waals surface area contributed by atoms with Crippen molar-refractivity contribution in [1.29, 1.82) is 5.26 Å². The molecule has 0 spiro atoms. The third kappa shape index (κ3) is 5.43. The second kappa shape index (κ2) is 11.0. The van der Waals surface area contributed by atoms with Gasteiger partial charge in [-0.25, -0.2) is 5.48 Å². The number of nitriles is 1. The van der Waals surface area contributed by atoms with Crippen LogP contribution in [0.5, 0.6) is 0 Å². The second-order valence-electron chi connectivity index (χ2n) is 6.88. The lowest BCUT2D eigenvalue weighted by atomic mass is 9.70. The van der Waals surface area contributed by atoms with E-state index in [9.17, 15) is 14.9 Å². The number of unbranched alkanes of at least 4 members (excludes halogenated alkanes) is 2. The topological polar surface area (TPSA) is 102 Å². The minimum Gasteiger partial charge on any atom is -0.352 e. The maximum Gasteiger partial charge on any atom is 0.251 e. The van der Waals surface area contributed by atoms with Crippen LogP contribution in [0.4, 0.5) is 0 Å². The van der Waals surface area contributed by atoms with Crippen LogP contribution in [0.25, 0.3) is 0 Å². The highest BCUT2D eigenvalue weighted by atomic mass is 16.5. The molecule has 0 aliphatic carbocycles. The Bertz CT molecular complexity index is 861. The lowest BCUT2D eigenvalue weighted by Crippen LogP contribution is -2.31. The van der Waals surface area contributed by atoms with Crippen LogP contribution in [0.15, 0.2) is 54.6 Å². The Labute approximate surface area is 171 Å². The molecule has 6 heteroatoms. The van der Waals surface area contributed by atoms with Gasteiger partial charge in [0.2, 0.25) is 5.91 Å². The average molecular weight is 393 g/mol. The Hall–Kier alpha value is -3.17. The second-order valence-corrected chi connectivity index (χ2v) is 6.88. The molecule has 0 heterocycles. The first kappa shape index (κ1) is 22.1. The molecule has 29 heavy (non-hydrogen) atoms. The van der Waals surface area contributed by atoms with E-state index < -0.39 is 11.3 Å². The van der Waals surface area contributed by atoms with Crippen molar-refractivity contribution in [2.75, 3.05) is 6.54 Å². The van der Waals surface area contributed by atoms with E-state index in [0.717, 1.165) is 12.0 Å². The number of hydrogen-bond donors (Lipinski definition) is 3. The van der Waals surface area contributed by atoms with Gasteiger partial charge >= 0.3 is 0 Å². The third-order valence-electron chi connectivity index (χ3n) is 5.01. The molecule has 0 aliphatic rings. The molecule has 0 fully saturated rings. The summed E-state index contributed by atoms with van der Waals surface area (Å²) < 4.78 is 0. The summed E-state index contributed by atoms with van der Waals surface area (Å²) in [5.74, 6) is -0.612. The minimum atomic E-state index is -0.970. The van der Waals surface area contributed by atoms with Gasteiger partial charge in [-0.1, -0.05) is 61.4 Å². The predicted molar refractivity (Wildman–Crippen MR) is 110 cm³/mol. The highest BCUT2D eigenvalue weighted by molar-refractivity contribution is 5.96. The molecular weight excluding hydrogens is 366 g/mol. The Balaban J connectivity index is 2.38. The van der Waals surface area contributed by atoms with Crippen LogP contribution in [-0.4, -0.2) is 23.6 Å². The highest BCUT2D eigenvalue weighted by Crippen LogP contribution is 2.38. The van der Waals surface area contributed by atoms with Crippen molar-refractivity contribution in [3.8, 4) is 6.07 Å². The molecule has 2 aromatic carbocycles. The van der Waals surface area contributed by atoms with Crippen LogP contribution in [-0.2, 0) is 10.2 Å². The smallest absolute Gasteiger partial charge is 0.251 e. The van der Waals surface area contributed by atoms with Crippen LogP contribution < -0.4 is 10.8 Å². The van der Waals surface area contributed by atoms with E-state index in [2.05, 4.69) is 11.4 Å². The molecule has 0 bridgehead atoms. The SMILES string of the molecule is CCNC(=O)c1ccccc1C(C#N)(CCCCCC(=O)NO)c1ccccc1. The number of nitrogens with one attached hydrogen (secondary N) is 2. The van der Waals surface area contributed by atoms with Gasteiger partial charge in [-0.15, -0.1) is 0 Å². The molecule has 2 amide bonds. The van der Waals surface area contributed by atoms with Crippen molar-refractivity contribution in [1.82, 2.24) is 10.8 Å². The van der Waals surface area contributed by atoms with Crippen molar-refractivity contribution in [3.05, 3.63) is 71.3 Å². The summed E-state index contributed by atoms with van der Waals surface area (Å²) in [6, 6.07) is 19.2. The first-order chi connectivity index (χ1) is 14.1. The summed E-state index contributed by atoms with van der Waals surface area (Å²) in [4.78, 5) is 23.8. The van der Waals surface area contributed by atoms with Gasteiger partial charge in [0.05, 0.1) is 6.07 Å². The van der Waals surface area contributed by atoms with E-state index in [-0.39, 0.29) is 12.3 Å². The number of amides is 2. The minimum absolute atomic E-state index is 0.196. The molecule has 152 valence electrons. The van der Waals surface area contributed by atoms with Crippen molar-refractivity contribution >= 4 is 11.8 Å². The van der Waals surface area contributed by atoms with E-state index in [0.29, 0.717) is 36.9 Å². The molecule has 1 atom stereocenters. The largest absolute Gasteiger partial charge is 0.352 e. The molecule has 0 aromatic heterocycles. The van der Waals surface area contributed by atoms with Crippen molar-refractivity contribution < 1.29 is 14.8 Å². The monoisotopic (exact) mass is 393 g/mol. The number of rotatable bonds is 10. The summed E-state index contributed by atoms with van der Waals surface area (Å²) in [6.45, 7) is 2.36. The van der Waals surface area contributed by atoms with E-state index in [1.807, 2.05) is 49.4 Å². The summed E-state index contributed by atoms with van der Waals surface area (Å²) in [7, 11) is 0. The summed E-state index contributed by atoms with van der Waals surface area (Å²) in [6.07, 6.45) is 2.79. The Morgan fingerprint density at radius 2 is 1.72 bits per heavy atom. The van der Waals surface area contributed by atoms with Crippen molar-refractivity contribution in [3.63, 3.8) is 0 Å². The number of hydroxylamine groups is 1. The molecule has 0 radical (unpaired) electrons. The summed E-state index contributed by atoms with van der Waals surface area (Å²) in [5.41, 5.74) is 2.69. The third-order valence-corrected chi connectivity index (χ3v) is 5.01. The van der Waals surface area contributed by atoms with Crippen LogP contribution in [0, 0.1) is 11.3 Å². The molecule has 2 rings (SSSR count). The Morgan fingerprint density at radius 3 is 2.38 bits per heavy atom. The average Bonchev–Trinajstić information content (AvgIpc) is 2.77.